The lowest BCUT2D eigenvalue weighted by molar-refractivity contribution is -0.139. The molecule has 0 bridgehead atoms. The van der Waals surface area contributed by atoms with Crippen LogP contribution in [0.4, 0.5) is 5.82 Å². The van der Waals surface area contributed by atoms with Gasteiger partial charge >= 0.3 is 0 Å². The molecule has 2 aliphatic heterocycles. The molecule has 5 rings (SSSR count). The first-order valence-electron chi connectivity index (χ1n) is 13.3. The molecule has 3 aliphatic rings. The number of nitrogens with zero attached hydrogens (tertiary/aromatic N) is 3. The Morgan fingerprint density at radius 2 is 1.83 bits per heavy atom. The number of piperidine rings is 1. The number of fused-ring (bicyclic) bond motifs is 1. The fourth-order valence-corrected chi connectivity index (χ4v) is 5.40. The highest BCUT2D eigenvalue weighted by Gasteiger charge is 2.31. The van der Waals surface area contributed by atoms with Crippen molar-refractivity contribution in [1.82, 2.24) is 20.1 Å². The fourth-order valence-electron chi connectivity index (χ4n) is 5.40. The molecular formula is C28H37N5O3. The lowest BCUT2D eigenvalue weighted by Crippen LogP contribution is -2.46. The molecule has 1 aromatic heterocycles. The number of amides is 2. The Morgan fingerprint density at radius 3 is 2.58 bits per heavy atom. The van der Waals surface area contributed by atoms with Crippen LogP contribution in [0.1, 0.15) is 53.6 Å². The Balaban J connectivity index is 1.06. The van der Waals surface area contributed by atoms with Crippen LogP contribution in [-0.2, 0) is 17.8 Å². The molecule has 2 fully saturated rings. The quantitative estimate of drug-likeness (QED) is 0.525. The highest BCUT2D eigenvalue weighted by atomic mass is 16.3. The predicted molar refractivity (Wildman–Crippen MR) is 139 cm³/mol. The summed E-state index contributed by atoms with van der Waals surface area (Å²) in [6.45, 7) is 4.01. The van der Waals surface area contributed by atoms with Crippen LogP contribution in [0, 0.1) is 5.92 Å². The Morgan fingerprint density at radius 1 is 1.06 bits per heavy atom. The Hall–Kier alpha value is -2.97. The summed E-state index contributed by atoms with van der Waals surface area (Å²) in [4.78, 5) is 33.8. The number of benzene rings is 1. The van der Waals surface area contributed by atoms with Crippen molar-refractivity contribution < 1.29 is 14.7 Å². The largest absolute Gasteiger partial charge is 0.390 e. The maximum atomic E-state index is 12.7. The molecule has 1 aromatic carbocycles. The van der Waals surface area contributed by atoms with Gasteiger partial charge in [-0.05, 0) is 55.4 Å². The monoisotopic (exact) mass is 491 g/mol. The number of aromatic nitrogens is 1. The van der Waals surface area contributed by atoms with Crippen LogP contribution < -0.4 is 10.6 Å². The maximum Gasteiger partial charge on any atom is 0.251 e. The first-order chi connectivity index (χ1) is 17.5. The fraction of sp³-hybridized carbons (Fsp3) is 0.536. The zero-order chi connectivity index (χ0) is 24.9. The molecule has 1 saturated heterocycles. The number of carbonyl (C=O) groups excluding carboxylic acids is 2. The summed E-state index contributed by atoms with van der Waals surface area (Å²) in [5, 5.41) is 16.8. The van der Waals surface area contributed by atoms with Crippen molar-refractivity contribution in [3.63, 3.8) is 0 Å². The van der Waals surface area contributed by atoms with Crippen LogP contribution in [0.3, 0.4) is 0 Å². The highest BCUT2D eigenvalue weighted by molar-refractivity contribution is 5.94. The van der Waals surface area contributed by atoms with E-state index in [1.807, 2.05) is 4.90 Å². The van der Waals surface area contributed by atoms with E-state index in [0.29, 0.717) is 23.8 Å². The normalized spacial score (nSPS) is 19.8. The van der Waals surface area contributed by atoms with Crippen LogP contribution in [0.2, 0.25) is 0 Å². The SMILES string of the molecule is O=C(NC[C@H](O)CN1CCc2ccccc2C1)c1ccnc(NC2CCN(C(=O)C3CCC3)CC2)c1. The molecule has 1 saturated carbocycles. The number of likely N-dealkylation sites (tertiary alicyclic amines) is 1. The van der Waals surface area contributed by atoms with Gasteiger partial charge in [0.15, 0.2) is 0 Å². The molecule has 8 nitrogen and oxygen atoms in total. The number of nitrogens with one attached hydrogen (secondary N) is 2. The third-order valence-electron chi connectivity index (χ3n) is 7.81. The molecule has 0 unspecified atom stereocenters. The maximum absolute atomic E-state index is 12.7. The van der Waals surface area contributed by atoms with Crippen molar-refractivity contribution >= 4 is 17.6 Å². The molecule has 0 spiro atoms. The van der Waals surface area contributed by atoms with Gasteiger partial charge in [-0.1, -0.05) is 30.7 Å². The van der Waals surface area contributed by atoms with Gasteiger partial charge < -0.3 is 20.6 Å². The van der Waals surface area contributed by atoms with E-state index in [9.17, 15) is 14.7 Å². The molecule has 192 valence electrons. The first-order valence-corrected chi connectivity index (χ1v) is 13.3. The Kier molecular flexibility index (Phi) is 7.82. The van der Waals surface area contributed by atoms with Crippen LogP contribution >= 0.6 is 0 Å². The first kappa shape index (κ1) is 24.7. The molecule has 2 aromatic rings. The minimum Gasteiger partial charge on any atom is -0.390 e. The summed E-state index contributed by atoms with van der Waals surface area (Å²) in [5.41, 5.74) is 3.21. The van der Waals surface area contributed by atoms with Gasteiger partial charge in [0.25, 0.3) is 5.91 Å². The van der Waals surface area contributed by atoms with Gasteiger partial charge in [-0.2, -0.15) is 0 Å². The smallest absolute Gasteiger partial charge is 0.251 e. The van der Waals surface area contributed by atoms with Crippen molar-refractivity contribution in [2.45, 2.75) is 57.2 Å². The molecular weight excluding hydrogens is 454 g/mol. The molecule has 3 heterocycles. The van der Waals surface area contributed by atoms with Crippen molar-refractivity contribution in [3.8, 4) is 0 Å². The third-order valence-corrected chi connectivity index (χ3v) is 7.81. The summed E-state index contributed by atoms with van der Waals surface area (Å²) >= 11 is 0. The van der Waals surface area contributed by atoms with Crippen LogP contribution in [0.5, 0.6) is 0 Å². The van der Waals surface area contributed by atoms with Gasteiger partial charge in [-0.25, -0.2) is 4.98 Å². The topological polar surface area (TPSA) is 97.8 Å². The lowest BCUT2D eigenvalue weighted by atomic mass is 9.84. The van der Waals surface area contributed by atoms with Gasteiger partial charge in [0.05, 0.1) is 6.10 Å². The number of pyridine rings is 1. The van der Waals surface area contributed by atoms with Crippen LogP contribution in [-0.4, -0.2) is 76.6 Å². The highest BCUT2D eigenvalue weighted by Crippen LogP contribution is 2.29. The minimum absolute atomic E-state index is 0.204. The lowest BCUT2D eigenvalue weighted by Gasteiger charge is -2.36. The molecule has 1 aliphatic carbocycles. The zero-order valence-corrected chi connectivity index (χ0v) is 20.9. The van der Waals surface area contributed by atoms with Gasteiger partial charge in [0, 0.05) is 63.0 Å². The molecule has 1 atom stereocenters. The molecule has 8 heteroatoms. The van der Waals surface area contributed by atoms with Gasteiger partial charge in [-0.15, -0.1) is 0 Å². The van der Waals surface area contributed by atoms with E-state index >= 15 is 0 Å². The summed E-state index contributed by atoms with van der Waals surface area (Å²) < 4.78 is 0. The predicted octanol–water partition coefficient (Wildman–Crippen LogP) is 2.43. The van der Waals surface area contributed by atoms with Gasteiger partial charge in [0.2, 0.25) is 5.91 Å². The number of aliphatic hydroxyl groups excluding tert-OH is 1. The summed E-state index contributed by atoms with van der Waals surface area (Å²) in [5.74, 6) is 1.02. The average Bonchev–Trinajstić information content (AvgIpc) is 2.87. The van der Waals surface area contributed by atoms with E-state index < -0.39 is 6.10 Å². The second-order valence-electron chi connectivity index (χ2n) is 10.4. The van der Waals surface area contributed by atoms with E-state index in [-0.39, 0.29) is 24.4 Å². The Labute approximate surface area is 213 Å². The average molecular weight is 492 g/mol. The van der Waals surface area contributed by atoms with Crippen molar-refractivity contribution in [2.24, 2.45) is 5.92 Å². The van der Waals surface area contributed by atoms with Crippen molar-refractivity contribution in [3.05, 3.63) is 59.3 Å². The van der Waals surface area contributed by atoms with E-state index in [2.05, 4.69) is 44.8 Å². The summed E-state index contributed by atoms with van der Waals surface area (Å²) in [6.07, 6.45) is 7.00. The zero-order valence-electron chi connectivity index (χ0n) is 20.9. The molecule has 3 N–H and O–H groups in total. The van der Waals surface area contributed by atoms with Crippen LogP contribution in [0.15, 0.2) is 42.6 Å². The minimum atomic E-state index is -0.633. The molecule has 2 amide bonds. The van der Waals surface area contributed by atoms with Crippen LogP contribution in [0.25, 0.3) is 0 Å². The van der Waals surface area contributed by atoms with E-state index in [4.69, 9.17) is 0 Å². The van der Waals surface area contributed by atoms with Crippen molar-refractivity contribution in [1.29, 1.82) is 0 Å². The number of aliphatic hydroxyl groups is 1. The second-order valence-corrected chi connectivity index (χ2v) is 10.4. The standard InChI is InChI=1S/C28H37N5O3/c34-25(19-32-13-9-20-4-1-2-5-23(20)18-32)17-30-27(35)22-8-12-29-26(16-22)31-24-10-14-33(15-11-24)28(36)21-6-3-7-21/h1-2,4-5,8,12,16,21,24-25,34H,3,6-7,9-11,13-15,17-19H2,(H,29,31)(H,30,35)/t25-/m0/s1. The molecule has 0 radical (unpaired) electrons. The molecule has 36 heavy (non-hydrogen) atoms. The Bertz CT molecular complexity index is 1060. The van der Waals surface area contributed by atoms with E-state index in [1.165, 1.54) is 17.5 Å². The second kappa shape index (κ2) is 11.4. The number of β-amino-alcohol motifs (C(OH)–C–C–N with tert-alkyl or cyclic N) is 1. The third kappa shape index (κ3) is 6.05. The number of carbonyl (C=O) groups is 2. The summed E-state index contributed by atoms with van der Waals surface area (Å²) in [6, 6.07) is 12.1. The van der Waals surface area contributed by atoms with Gasteiger partial charge in [0.1, 0.15) is 5.82 Å². The number of hydrogen-bond acceptors (Lipinski definition) is 6. The summed E-state index contributed by atoms with van der Waals surface area (Å²) in [7, 11) is 0. The van der Waals surface area contributed by atoms with E-state index in [0.717, 1.165) is 58.3 Å². The number of rotatable bonds is 8. The van der Waals surface area contributed by atoms with Gasteiger partial charge in [-0.3, -0.25) is 14.5 Å². The number of anilines is 1. The van der Waals surface area contributed by atoms with Crippen molar-refractivity contribution in [2.75, 3.05) is 38.0 Å². The number of hydrogen-bond donors (Lipinski definition) is 3. The van der Waals surface area contributed by atoms with E-state index in [1.54, 1.807) is 18.3 Å².